The highest BCUT2D eigenvalue weighted by molar-refractivity contribution is 8.13. The minimum Gasteiger partial charge on any atom is -0.377 e. The molecule has 4 heteroatoms. The van der Waals surface area contributed by atoms with Crippen LogP contribution < -0.4 is 5.32 Å². The minimum atomic E-state index is 0.213. The number of nitrogens with one attached hydrogen (secondary N) is 1. The summed E-state index contributed by atoms with van der Waals surface area (Å²) in [6, 6.07) is 0.532. The van der Waals surface area contributed by atoms with E-state index < -0.39 is 0 Å². The molecular formula is C13H26N2OS. The second-order valence-electron chi connectivity index (χ2n) is 5.61. The topological polar surface area (TPSA) is 33.6 Å². The number of ether oxygens (including phenoxy) is 1. The Bertz CT molecular complexity index is 261. The standard InChI is InChI=1S/C13H26N2OS/c1-6-16-10(2)9-14-12-15-11(7-8-17-12)13(3,4)5/h10-11H,6-9H2,1-5H3,(H,14,15). The first-order valence-corrected chi connectivity index (χ1v) is 7.47. The van der Waals surface area contributed by atoms with Crippen LogP contribution in [0.2, 0.25) is 0 Å². The predicted octanol–water partition coefficient (Wildman–Crippen LogP) is 2.91. The molecule has 0 amide bonds. The summed E-state index contributed by atoms with van der Waals surface area (Å²) < 4.78 is 5.48. The third kappa shape index (κ3) is 5.30. The Kier molecular flexibility index (Phi) is 5.80. The molecule has 1 saturated heterocycles. The highest BCUT2D eigenvalue weighted by Crippen LogP contribution is 2.27. The number of nitrogens with zero attached hydrogens (tertiary/aromatic N) is 1. The lowest BCUT2D eigenvalue weighted by Gasteiger charge is -2.35. The van der Waals surface area contributed by atoms with E-state index in [4.69, 9.17) is 4.74 Å². The van der Waals surface area contributed by atoms with Gasteiger partial charge in [0, 0.05) is 18.4 Å². The molecule has 0 saturated carbocycles. The molecule has 17 heavy (non-hydrogen) atoms. The molecule has 0 aromatic carbocycles. The Labute approximate surface area is 110 Å². The van der Waals surface area contributed by atoms with E-state index in [-0.39, 0.29) is 6.10 Å². The summed E-state index contributed by atoms with van der Waals surface area (Å²) in [5.41, 5.74) is 0.299. The van der Waals surface area contributed by atoms with E-state index >= 15 is 0 Å². The van der Waals surface area contributed by atoms with Crippen molar-refractivity contribution in [3.05, 3.63) is 0 Å². The van der Waals surface area contributed by atoms with Gasteiger partial charge in [0.2, 0.25) is 0 Å². The summed E-state index contributed by atoms with van der Waals surface area (Å²) in [7, 11) is 0. The fraction of sp³-hybridized carbons (Fsp3) is 0.923. The Balaban J connectivity index is 2.46. The first kappa shape index (κ1) is 14.8. The maximum absolute atomic E-state index is 5.48. The normalized spacial score (nSPS) is 25.7. The van der Waals surface area contributed by atoms with Gasteiger partial charge in [-0.25, -0.2) is 0 Å². The lowest BCUT2D eigenvalue weighted by atomic mass is 9.85. The van der Waals surface area contributed by atoms with E-state index in [1.807, 2.05) is 18.7 Å². The maximum atomic E-state index is 5.48. The van der Waals surface area contributed by atoms with E-state index in [2.05, 4.69) is 38.0 Å². The third-order valence-corrected chi connectivity index (χ3v) is 3.89. The van der Waals surface area contributed by atoms with Crippen LogP contribution in [-0.2, 0) is 4.74 Å². The molecule has 1 aliphatic heterocycles. The summed E-state index contributed by atoms with van der Waals surface area (Å²) in [6.07, 6.45) is 1.43. The molecule has 1 heterocycles. The molecule has 100 valence electrons. The van der Waals surface area contributed by atoms with Crippen molar-refractivity contribution < 1.29 is 4.74 Å². The molecule has 2 unspecified atom stereocenters. The maximum Gasteiger partial charge on any atom is 0.156 e. The average molecular weight is 258 g/mol. The number of hydrogen-bond acceptors (Lipinski definition) is 3. The molecule has 0 spiro atoms. The van der Waals surface area contributed by atoms with Crippen LogP contribution in [-0.4, -0.2) is 36.2 Å². The van der Waals surface area contributed by atoms with Gasteiger partial charge in [0.05, 0.1) is 12.6 Å². The molecule has 1 N–H and O–H groups in total. The first-order chi connectivity index (χ1) is 7.93. The van der Waals surface area contributed by atoms with Crippen LogP contribution in [0.25, 0.3) is 0 Å². The fourth-order valence-corrected chi connectivity index (χ4v) is 2.76. The van der Waals surface area contributed by atoms with Gasteiger partial charge < -0.3 is 10.1 Å². The van der Waals surface area contributed by atoms with Crippen LogP contribution in [0.4, 0.5) is 0 Å². The smallest absolute Gasteiger partial charge is 0.156 e. The molecule has 1 rings (SSSR count). The average Bonchev–Trinajstić information content (AvgIpc) is 2.26. The van der Waals surface area contributed by atoms with Gasteiger partial charge in [-0.2, -0.15) is 0 Å². The quantitative estimate of drug-likeness (QED) is 0.842. The van der Waals surface area contributed by atoms with Gasteiger partial charge in [0.25, 0.3) is 0 Å². The zero-order valence-electron chi connectivity index (χ0n) is 11.7. The molecule has 0 aliphatic carbocycles. The highest BCUT2D eigenvalue weighted by Gasteiger charge is 2.28. The second-order valence-corrected chi connectivity index (χ2v) is 6.70. The molecule has 0 aromatic heterocycles. The fourth-order valence-electron chi connectivity index (χ4n) is 1.83. The van der Waals surface area contributed by atoms with Gasteiger partial charge in [0.1, 0.15) is 0 Å². The van der Waals surface area contributed by atoms with Crippen molar-refractivity contribution in [1.82, 2.24) is 5.32 Å². The molecule has 0 aromatic rings. The van der Waals surface area contributed by atoms with Crippen molar-refractivity contribution in [1.29, 1.82) is 0 Å². The Morgan fingerprint density at radius 3 is 2.82 bits per heavy atom. The lowest BCUT2D eigenvalue weighted by Crippen LogP contribution is -2.46. The lowest BCUT2D eigenvalue weighted by molar-refractivity contribution is 0.0829. The highest BCUT2D eigenvalue weighted by atomic mass is 32.2. The van der Waals surface area contributed by atoms with Crippen LogP contribution in [0.3, 0.4) is 0 Å². The molecule has 0 bridgehead atoms. The SMILES string of the molecule is CCOC(C)CN=C1NC(C(C)(C)C)CCS1. The van der Waals surface area contributed by atoms with Crippen LogP contribution in [0.1, 0.15) is 41.0 Å². The van der Waals surface area contributed by atoms with Crippen LogP contribution >= 0.6 is 11.8 Å². The zero-order valence-corrected chi connectivity index (χ0v) is 12.6. The molecule has 1 fully saturated rings. The van der Waals surface area contributed by atoms with E-state index in [1.54, 1.807) is 0 Å². The van der Waals surface area contributed by atoms with Crippen molar-refractivity contribution >= 4 is 16.9 Å². The summed E-state index contributed by atoms with van der Waals surface area (Å²) in [4.78, 5) is 4.61. The van der Waals surface area contributed by atoms with E-state index in [0.717, 1.165) is 24.1 Å². The molecule has 2 atom stereocenters. The molecule has 3 nitrogen and oxygen atoms in total. The van der Waals surface area contributed by atoms with Gasteiger partial charge in [-0.3, -0.25) is 4.99 Å². The Morgan fingerprint density at radius 2 is 2.24 bits per heavy atom. The number of hydrogen-bond donors (Lipinski definition) is 1. The van der Waals surface area contributed by atoms with Gasteiger partial charge in [-0.1, -0.05) is 32.5 Å². The summed E-state index contributed by atoms with van der Waals surface area (Å²) in [5, 5.41) is 4.63. The van der Waals surface area contributed by atoms with Crippen molar-refractivity contribution in [2.75, 3.05) is 18.9 Å². The van der Waals surface area contributed by atoms with Crippen LogP contribution in [0.15, 0.2) is 4.99 Å². The van der Waals surface area contributed by atoms with Gasteiger partial charge in [-0.15, -0.1) is 0 Å². The van der Waals surface area contributed by atoms with E-state index in [1.165, 1.54) is 6.42 Å². The first-order valence-electron chi connectivity index (χ1n) is 6.49. The zero-order chi connectivity index (χ0) is 12.9. The number of aliphatic imine (C=N–C) groups is 1. The number of rotatable bonds is 4. The van der Waals surface area contributed by atoms with Crippen molar-refractivity contribution in [2.24, 2.45) is 10.4 Å². The molecular weight excluding hydrogens is 232 g/mol. The summed E-state index contributed by atoms with van der Waals surface area (Å²) >= 11 is 1.83. The number of amidine groups is 1. The van der Waals surface area contributed by atoms with Crippen molar-refractivity contribution in [3.63, 3.8) is 0 Å². The molecule has 1 aliphatic rings. The van der Waals surface area contributed by atoms with Gasteiger partial charge in [-0.05, 0) is 25.7 Å². The van der Waals surface area contributed by atoms with Crippen molar-refractivity contribution in [2.45, 2.75) is 53.2 Å². The van der Waals surface area contributed by atoms with Gasteiger partial charge in [0.15, 0.2) is 5.17 Å². The Hall–Kier alpha value is -0.220. The summed E-state index contributed by atoms with van der Waals surface area (Å²) in [6.45, 7) is 12.4. The van der Waals surface area contributed by atoms with E-state index in [9.17, 15) is 0 Å². The monoisotopic (exact) mass is 258 g/mol. The van der Waals surface area contributed by atoms with E-state index in [0.29, 0.717) is 11.5 Å². The largest absolute Gasteiger partial charge is 0.377 e. The molecule has 0 radical (unpaired) electrons. The summed E-state index contributed by atoms with van der Waals surface area (Å²) in [5.74, 6) is 1.16. The van der Waals surface area contributed by atoms with Crippen LogP contribution in [0, 0.1) is 5.41 Å². The van der Waals surface area contributed by atoms with Crippen molar-refractivity contribution in [3.8, 4) is 0 Å². The Morgan fingerprint density at radius 1 is 1.53 bits per heavy atom. The second kappa shape index (κ2) is 6.64. The number of thioether (sulfide) groups is 1. The minimum absolute atomic E-state index is 0.213. The predicted molar refractivity (Wildman–Crippen MR) is 76.8 cm³/mol. The van der Waals surface area contributed by atoms with Gasteiger partial charge >= 0.3 is 0 Å². The van der Waals surface area contributed by atoms with Crippen LogP contribution in [0.5, 0.6) is 0 Å². The third-order valence-electron chi connectivity index (χ3n) is 2.93.